The summed E-state index contributed by atoms with van der Waals surface area (Å²) < 4.78 is 10.1. The molecule has 0 saturated carbocycles. The van der Waals surface area contributed by atoms with Crippen LogP contribution in [0.2, 0.25) is 0 Å². The Hall–Kier alpha value is -1.32. The van der Waals surface area contributed by atoms with Gasteiger partial charge in [-0.25, -0.2) is 0 Å². The molecule has 0 aromatic heterocycles. The molecule has 1 rings (SSSR count). The van der Waals surface area contributed by atoms with Crippen molar-refractivity contribution in [3.63, 3.8) is 0 Å². The first kappa shape index (κ1) is 14.7. The van der Waals surface area contributed by atoms with Gasteiger partial charge in [-0.3, -0.25) is 9.59 Å². The summed E-state index contributed by atoms with van der Waals surface area (Å²) in [4.78, 5) is 24.4. The van der Waals surface area contributed by atoms with Crippen molar-refractivity contribution in [2.45, 2.75) is 46.6 Å². The Morgan fingerprint density at radius 3 is 2.44 bits per heavy atom. The van der Waals surface area contributed by atoms with E-state index in [1.807, 2.05) is 19.9 Å². The molecule has 18 heavy (non-hydrogen) atoms. The maximum Gasteiger partial charge on any atom is 0.324 e. The third kappa shape index (κ3) is 2.57. The first-order valence-electron chi connectivity index (χ1n) is 6.29. The number of rotatable bonds is 3. The van der Waals surface area contributed by atoms with Crippen LogP contribution in [0.25, 0.3) is 0 Å². The molecule has 0 aliphatic heterocycles. The summed E-state index contributed by atoms with van der Waals surface area (Å²) in [6.07, 6.45) is 2.76. The van der Waals surface area contributed by atoms with Crippen LogP contribution in [0.1, 0.15) is 40.5 Å². The van der Waals surface area contributed by atoms with Crippen molar-refractivity contribution >= 4 is 11.9 Å². The Bertz CT molecular complexity index is 370. The van der Waals surface area contributed by atoms with Crippen LogP contribution in [0.5, 0.6) is 0 Å². The maximum absolute atomic E-state index is 12.3. The summed E-state index contributed by atoms with van der Waals surface area (Å²) in [6.45, 7) is 7.45. The average Bonchev–Trinajstić information content (AvgIpc) is 2.27. The van der Waals surface area contributed by atoms with E-state index in [9.17, 15) is 9.59 Å². The SMILES string of the molecule is COC(=O)[C@@]1(C(=O)OC(C)C)CC=C(C)C[C@@H]1C. The van der Waals surface area contributed by atoms with Gasteiger partial charge in [0.05, 0.1) is 13.2 Å². The zero-order valence-electron chi connectivity index (χ0n) is 11.8. The van der Waals surface area contributed by atoms with Gasteiger partial charge < -0.3 is 9.47 Å². The van der Waals surface area contributed by atoms with Crippen molar-refractivity contribution in [3.05, 3.63) is 11.6 Å². The van der Waals surface area contributed by atoms with E-state index in [-0.39, 0.29) is 12.0 Å². The zero-order chi connectivity index (χ0) is 13.9. The van der Waals surface area contributed by atoms with E-state index >= 15 is 0 Å². The minimum Gasteiger partial charge on any atom is -0.468 e. The highest BCUT2D eigenvalue weighted by Crippen LogP contribution is 2.42. The van der Waals surface area contributed by atoms with Crippen molar-refractivity contribution in [2.75, 3.05) is 7.11 Å². The van der Waals surface area contributed by atoms with Crippen molar-refractivity contribution in [2.24, 2.45) is 11.3 Å². The fourth-order valence-corrected chi connectivity index (χ4v) is 2.43. The number of carbonyl (C=O) groups is 2. The molecule has 0 aromatic carbocycles. The largest absolute Gasteiger partial charge is 0.468 e. The molecule has 1 aliphatic rings. The maximum atomic E-state index is 12.3. The second kappa shape index (κ2) is 5.55. The molecule has 0 heterocycles. The van der Waals surface area contributed by atoms with E-state index in [4.69, 9.17) is 9.47 Å². The van der Waals surface area contributed by atoms with E-state index in [0.717, 1.165) is 0 Å². The lowest BCUT2D eigenvalue weighted by molar-refractivity contribution is -0.178. The quantitative estimate of drug-likeness (QED) is 0.441. The number of hydrogen-bond acceptors (Lipinski definition) is 4. The summed E-state index contributed by atoms with van der Waals surface area (Å²) in [6, 6.07) is 0. The fraction of sp³-hybridized carbons (Fsp3) is 0.714. The van der Waals surface area contributed by atoms with Crippen molar-refractivity contribution in [1.29, 1.82) is 0 Å². The first-order valence-corrected chi connectivity index (χ1v) is 6.29. The first-order chi connectivity index (χ1) is 8.34. The van der Waals surface area contributed by atoms with Crippen LogP contribution in [0.15, 0.2) is 11.6 Å². The molecule has 0 radical (unpaired) electrons. The lowest BCUT2D eigenvalue weighted by Crippen LogP contribution is -2.48. The van der Waals surface area contributed by atoms with Crippen molar-refractivity contribution in [1.82, 2.24) is 0 Å². The Morgan fingerprint density at radius 2 is 2.00 bits per heavy atom. The topological polar surface area (TPSA) is 52.6 Å². The molecule has 0 amide bonds. The number of carbonyl (C=O) groups excluding carboxylic acids is 2. The number of allylic oxidation sites excluding steroid dienone is 2. The Labute approximate surface area is 108 Å². The van der Waals surface area contributed by atoms with Gasteiger partial charge in [0.15, 0.2) is 5.41 Å². The van der Waals surface area contributed by atoms with Crippen LogP contribution in [-0.4, -0.2) is 25.2 Å². The van der Waals surface area contributed by atoms with Crippen LogP contribution >= 0.6 is 0 Å². The molecule has 102 valence electrons. The predicted molar refractivity (Wildman–Crippen MR) is 67.8 cm³/mol. The second-order valence-electron chi connectivity index (χ2n) is 5.28. The fourth-order valence-electron chi connectivity index (χ4n) is 2.43. The lowest BCUT2D eigenvalue weighted by Gasteiger charge is -2.37. The summed E-state index contributed by atoms with van der Waals surface area (Å²) in [5.74, 6) is -1.08. The Kier molecular flexibility index (Phi) is 4.54. The summed E-state index contributed by atoms with van der Waals surface area (Å²) in [5, 5.41) is 0. The molecule has 4 nitrogen and oxygen atoms in total. The number of esters is 2. The Balaban J connectivity index is 3.11. The third-order valence-electron chi connectivity index (χ3n) is 3.50. The molecule has 0 spiro atoms. The molecule has 0 unspecified atom stereocenters. The van der Waals surface area contributed by atoms with Gasteiger partial charge in [-0.05, 0) is 39.5 Å². The van der Waals surface area contributed by atoms with E-state index in [2.05, 4.69) is 0 Å². The van der Waals surface area contributed by atoms with E-state index in [1.54, 1.807) is 13.8 Å². The molecule has 0 fully saturated rings. The predicted octanol–water partition coefficient (Wildman–Crippen LogP) is 2.47. The van der Waals surface area contributed by atoms with Gasteiger partial charge in [-0.15, -0.1) is 0 Å². The number of ether oxygens (including phenoxy) is 2. The van der Waals surface area contributed by atoms with Crippen molar-refractivity contribution in [3.8, 4) is 0 Å². The van der Waals surface area contributed by atoms with Crippen LogP contribution in [0.3, 0.4) is 0 Å². The molecular formula is C14H22O4. The monoisotopic (exact) mass is 254 g/mol. The lowest BCUT2D eigenvalue weighted by atomic mass is 9.67. The van der Waals surface area contributed by atoms with Crippen LogP contribution in [0, 0.1) is 11.3 Å². The molecule has 0 saturated heterocycles. The number of methoxy groups -OCH3 is 1. The third-order valence-corrected chi connectivity index (χ3v) is 3.50. The highest BCUT2D eigenvalue weighted by Gasteiger charge is 2.53. The van der Waals surface area contributed by atoms with Gasteiger partial charge in [0.25, 0.3) is 0 Å². The summed E-state index contributed by atoms with van der Waals surface area (Å²) in [7, 11) is 1.31. The minimum atomic E-state index is -1.18. The molecule has 1 aliphatic carbocycles. The van der Waals surface area contributed by atoms with Gasteiger partial charge in [-0.1, -0.05) is 18.6 Å². The molecule has 2 atom stereocenters. The summed E-state index contributed by atoms with van der Waals surface area (Å²) in [5.41, 5.74) is 0.0119. The van der Waals surface area contributed by atoms with Gasteiger partial charge in [0.2, 0.25) is 0 Å². The molecular weight excluding hydrogens is 232 g/mol. The smallest absolute Gasteiger partial charge is 0.324 e. The molecule has 0 aromatic rings. The van der Waals surface area contributed by atoms with Crippen LogP contribution < -0.4 is 0 Å². The standard InChI is InChI=1S/C14H22O4/c1-9(2)18-13(16)14(12(15)17-5)7-6-10(3)8-11(14)4/h6,9,11H,7-8H2,1-5H3/t11-,14+/m0/s1. The summed E-state index contributed by atoms with van der Waals surface area (Å²) >= 11 is 0. The minimum absolute atomic E-state index is 0.110. The Morgan fingerprint density at radius 1 is 1.39 bits per heavy atom. The van der Waals surface area contributed by atoms with Crippen LogP contribution in [0.4, 0.5) is 0 Å². The van der Waals surface area contributed by atoms with Crippen LogP contribution in [-0.2, 0) is 19.1 Å². The van der Waals surface area contributed by atoms with E-state index in [1.165, 1.54) is 12.7 Å². The van der Waals surface area contributed by atoms with E-state index in [0.29, 0.717) is 12.8 Å². The van der Waals surface area contributed by atoms with Gasteiger partial charge >= 0.3 is 11.9 Å². The van der Waals surface area contributed by atoms with Crippen molar-refractivity contribution < 1.29 is 19.1 Å². The molecule has 0 N–H and O–H groups in total. The normalized spacial score (nSPS) is 27.7. The zero-order valence-corrected chi connectivity index (χ0v) is 11.8. The molecule has 4 heteroatoms. The van der Waals surface area contributed by atoms with Gasteiger partial charge in [-0.2, -0.15) is 0 Å². The number of hydrogen-bond donors (Lipinski definition) is 0. The van der Waals surface area contributed by atoms with Gasteiger partial charge in [0, 0.05) is 0 Å². The highest BCUT2D eigenvalue weighted by atomic mass is 16.6. The second-order valence-corrected chi connectivity index (χ2v) is 5.28. The molecule has 0 bridgehead atoms. The average molecular weight is 254 g/mol. The van der Waals surface area contributed by atoms with E-state index < -0.39 is 17.4 Å². The highest BCUT2D eigenvalue weighted by molar-refractivity contribution is 6.01. The van der Waals surface area contributed by atoms with Gasteiger partial charge in [0.1, 0.15) is 0 Å².